The van der Waals surface area contributed by atoms with Crippen molar-refractivity contribution in [2.24, 2.45) is 4.99 Å². The van der Waals surface area contributed by atoms with Crippen molar-refractivity contribution < 1.29 is 14.3 Å². The van der Waals surface area contributed by atoms with E-state index in [0.29, 0.717) is 22.9 Å². The van der Waals surface area contributed by atoms with Gasteiger partial charge in [-0.25, -0.2) is 9.79 Å². The van der Waals surface area contributed by atoms with Gasteiger partial charge < -0.3 is 9.47 Å². The highest BCUT2D eigenvalue weighted by Gasteiger charge is 2.24. The molecule has 2 aromatic carbocycles. The van der Waals surface area contributed by atoms with Crippen LogP contribution >= 0.6 is 11.6 Å². The Kier molecular flexibility index (Phi) is 4.95. The van der Waals surface area contributed by atoms with Gasteiger partial charge in [-0.1, -0.05) is 35.9 Å². The van der Waals surface area contributed by atoms with E-state index in [0.717, 1.165) is 11.1 Å². The molecule has 0 unspecified atom stereocenters. The fraction of sp³-hybridized carbons (Fsp3) is 0.0952. The zero-order chi connectivity index (χ0) is 19.5. The molecule has 0 atom stereocenters. The van der Waals surface area contributed by atoms with E-state index in [1.54, 1.807) is 36.2 Å². The van der Waals surface area contributed by atoms with Crippen LogP contribution in [-0.4, -0.2) is 28.8 Å². The molecule has 7 heteroatoms. The number of aromatic nitrogens is 2. The lowest BCUT2D eigenvalue weighted by Gasteiger charge is -2.03. The van der Waals surface area contributed by atoms with Crippen molar-refractivity contribution in [1.29, 1.82) is 0 Å². The molecule has 0 radical (unpaired) electrons. The Morgan fingerprint density at radius 1 is 1.21 bits per heavy atom. The van der Waals surface area contributed by atoms with Crippen molar-refractivity contribution in [3.8, 4) is 5.75 Å². The maximum Gasteiger partial charge on any atom is 0.363 e. The van der Waals surface area contributed by atoms with E-state index in [4.69, 9.17) is 21.1 Å². The van der Waals surface area contributed by atoms with Crippen LogP contribution in [0.15, 0.2) is 71.6 Å². The van der Waals surface area contributed by atoms with E-state index in [9.17, 15) is 4.79 Å². The molecule has 0 saturated heterocycles. The van der Waals surface area contributed by atoms with Gasteiger partial charge in [0.15, 0.2) is 5.70 Å². The molecule has 2 heterocycles. The minimum atomic E-state index is -0.503. The third-order valence-corrected chi connectivity index (χ3v) is 4.55. The Bertz CT molecular complexity index is 1100. The molecule has 28 heavy (non-hydrogen) atoms. The van der Waals surface area contributed by atoms with Crippen molar-refractivity contribution in [2.45, 2.75) is 6.54 Å². The van der Waals surface area contributed by atoms with Crippen LogP contribution in [0.2, 0.25) is 5.02 Å². The minimum Gasteiger partial charge on any atom is -0.497 e. The van der Waals surface area contributed by atoms with Gasteiger partial charge in [-0.2, -0.15) is 5.10 Å². The number of esters is 1. The fourth-order valence-electron chi connectivity index (χ4n) is 2.79. The molecular formula is C21H16ClN3O3. The zero-order valence-electron chi connectivity index (χ0n) is 15.0. The van der Waals surface area contributed by atoms with Crippen molar-refractivity contribution in [1.82, 2.24) is 9.78 Å². The van der Waals surface area contributed by atoms with Crippen LogP contribution in [-0.2, 0) is 16.1 Å². The molecule has 1 aromatic heterocycles. The fourth-order valence-corrected chi connectivity index (χ4v) is 2.98. The Morgan fingerprint density at radius 3 is 2.89 bits per heavy atom. The Hall–Kier alpha value is -3.38. The van der Waals surface area contributed by atoms with Crippen LogP contribution in [0.5, 0.6) is 5.75 Å². The maximum absolute atomic E-state index is 12.2. The lowest BCUT2D eigenvalue weighted by Crippen LogP contribution is -2.05. The monoisotopic (exact) mass is 393 g/mol. The number of rotatable bonds is 5. The van der Waals surface area contributed by atoms with Crippen LogP contribution in [0.1, 0.15) is 16.7 Å². The lowest BCUT2D eigenvalue weighted by molar-refractivity contribution is -0.129. The van der Waals surface area contributed by atoms with Crippen LogP contribution in [0.4, 0.5) is 0 Å². The topological polar surface area (TPSA) is 65.7 Å². The van der Waals surface area contributed by atoms with Gasteiger partial charge in [0.05, 0.1) is 19.9 Å². The number of carbonyl (C=O) groups is 1. The number of methoxy groups -OCH3 is 1. The molecule has 0 spiro atoms. The molecule has 0 saturated carbocycles. The normalized spacial score (nSPS) is 14.9. The van der Waals surface area contributed by atoms with Gasteiger partial charge in [-0.15, -0.1) is 0 Å². The molecule has 6 nitrogen and oxygen atoms in total. The van der Waals surface area contributed by atoms with Gasteiger partial charge in [0, 0.05) is 22.3 Å². The van der Waals surface area contributed by atoms with E-state index < -0.39 is 5.97 Å². The number of benzene rings is 2. The number of aliphatic imine (C=N–C) groups is 1. The highest BCUT2D eigenvalue weighted by molar-refractivity contribution is 6.31. The summed E-state index contributed by atoms with van der Waals surface area (Å²) in [7, 11) is 1.58. The number of cyclic esters (lactones) is 1. The van der Waals surface area contributed by atoms with Gasteiger partial charge >= 0.3 is 5.97 Å². The summed E-state index contributed by atoms with van der Waals surface area (Å²) >= 11 is 6.19. The molecule has 140 valence electrons. The van der Waals surface area contributed by atoms with Gasteiger partial charge in [0.2, 0.25) is 5.90 Å². The molecule has 3 aromatic rings. The summed E-state index contributed by atoms with van der Waals surface area (Å²) in [5, 5.41) is 5.00. The molecule has 0 bridgehead atoms. The van der Waals surface area contributed by atoms with Gasteiger partial charge in [-0.3, -0.25) is 4.68 Å². The quantitative estimate of drug-likeness (QED) is 0.486. The number of hydrogen-bond donors (Lipinski definition) is 0. The highest BCUT2D eigenvalue weighted by Crippen LogP contribution is 2.22. The second-order valence-corrected chi connectivity index (χ2v) is 6.54. The number of hydrogen-bond acceptors (Lipinski definition) is 5. The first-order valence-corrected chi connectivity index (χ1v) is 8.93. The average Bonchev–Trinajstić information content (AvgIpc) is 3.30. The maximum atomic E-state index is 12.2. The largest absolute Gasteiger partial charge is 0.497 e. The van der Waals surface area contributed by atoms with Crippen LogP contribution in [0, 0.1) is 0 Å². The Balaban J connectivity index is 1.55. The first-order chi connectivity index (χ1) is 13.6. The van der Waals surface area contributed by atoms with E-state index in [-0.39, 0.29) is 11.6 Å². The van der Waals surface area contributed by atoms with E-state index in [1.165, 1.54) is 0 Å². The highest BCUT2D eigenvalue weighted by atomic mass is 35.5. The molecular weight excluding hydrogens is 378 g/mol. The lowest BCUT2D eigenvalue weighted by atomic mass is 10.2. The molecule has 1 aliphatic rings. The van der Waals surface area contributed by atoms with Crippen molar-refractivity contribution in [2.75, 3.05) is 7.11 Å². The van der Waals surface area contributed by atoms with Crippen molar-refractivity contribution >= 4 is 29.5 Å². The Morgan fingerprint density at radius 2 is 2.07 bits per heavy atom. The summed E-state index contributed by atoms with van der Waals surface area (Å²) < 4.78 is 12.2. The summed E-state index contributed by atoms with van der Waals surface area (Å²) in [5.41, 5.74) is 2.60. The van der Waals surface area contributed by atoms with E-state index in [2.05, 4.69) is 10.1 Å². The van der Waals surface area contributed by atoms with Crippen molar-refractivity contribution in [3.63, 3.8) is 0 Å². The second kappa shape index (κ2) is 7.70. The minimum absolute atomic E-state index is 0.218. The van der Waals surface area contributed by atoms with Gasteiger partial charge in [-0.05, 0) is 35.9 Å². The van der Waals surface area contributed by atoms with Crippen molar-refractivity contribution in [3.05, 3.63) is 88.3 Å². The smallest absolute Gasteiger partial charge is 0.363 e. The summed E-state index contributed by atoms with van der Waals surface area (Å²) in [5.74, 6) is 0.407. The standard InChI is InChI=1S/C21H16ClN3O3/c1-27-17-7-4-6-15(10-17)20-24-19(21(26)28-20)9-14-11-23-25(12-14)13-16-5-2-3-8-18(16)22/h2-12H,13H2,1H3/b19-9-. The van der Waals surface area contributed by atoms with Gasteiger partial charge in [0.25, 0.3) is 0 Å². The third kappa shape index (κ3) is 3.82. The van der Waals surface area contributed by atoms with Crippen LogP contribution in [0.25, 0.3) is 6.08 Å². The Labute approximate surface area is 166 Å². The molecule has 0 N–H and O–H groups in total. The van der Waals surface area contributed by atoms with Gasteiger partial charge in [0.1, 0.15) is 5.75 Å². The number of carbonyl (C=O) groups excluding carboxylic acids is 1. The summed E-state index contributed by atoms with van der Waals surface area (Å²) in [6.07, 6.45) is 5.13. The first-order valence-electron chi connectivity index (χ1n) is 8.55. The molecule has 0 aliphatic carbocycles. The van der Waals surface area contributed by atoms with E-state index in [1.807, 2.05) is 42.6 Å². The molecule has 1 aliphatic heterocycles. The van der Waals surface area contributed by atoms with E-state index >= 15 is 0 Å². The molecule has 0 amide bonds. The third-order valence-electron chi connectivity index (χ3n) is 4.18. The molecule has 4 rings (SSSR count). The summed E-state index contributed by atoms with van der Waals surface area (Å²) in [4.78, 5) is 16.5. The summed E-state index contributed by atoms with van der Waals surface area (Å²) in [6.45, 7) is 0.533. The SMILES string of the molecule is COc1cccc(C2=N/C(=C\c3cnn(Cc4ccccc4Cl)c3)C(=O)O2)c1. The average molecular weight is 394 g/mol. The number of nitrogens with zero attached hydrogens (tertiary/aromatic N) is 3. The zero-order valence-corrected chi connectivity index (χ0v) is 15.8. The second-order valence-electron chi connectivity index (χ2n) is 6.13. The van der Waals surface area contributed by atoms with Crippen LogP contribution in [0.3, 0.4) is 0 Å². The molecule has 0 fully saturated rings. The predicted octanol–water partition coefficient (Wildman–Crippen LogP) is 3.94. The first kappa shape index (κ1) is 18.0. The number of halogens is 1. The summed E-state index contributed by atoms with van der Waals surface area (Å²) in [6, 6.07) is 14.8. The van der Waals surface area contributed by atoms with Crippen LogP contribution < -0.4 is 4.74 Å². The predicted molar refractivity (Wildman–Crippen MR) is 106 cm³/mol. The number of ether oxygens (including phenoxy) is 2.